The molecule has 1 heterocycles. The highest BCUT2D eigenvalue weighted by molar-refractivity contribution is 5.84. The SMILES string of the molecule is Cc1nc(-c2ccc(F)c(F)c2)c(C=O)n1C. The molecule has 17 heavy (non-hydrogen) atoms. The van der Waals surface area contributed by atoms with Crippen LogP contribution in [0.15, 0.2) is 18.2 Å². The van der Waals surface area contributed by atoms with Gasteiger partial charge in [-0.25, -0.2) is 13.8 Å². The van der Waals surface area contributed by atoms with Gasteiger partial charge in [0.25, 0.3) is 0 Å². The molecule has 0 radical (unpaired) electrons. The maximum Gasteiger partial charge on any atom is 0.168 e. The Balaban J connectivity index is 2.64. The van der Waals surface area contributed by atoms with E-state index in [4.69, 9.17) is 0 Å². The summed E-state index contributed by atoms with van der Waals surface area (Å²) in [5.74, 6) is -1.25. The number of carbonyl (C=O) groups excluding carboxylic acids is 1. The molecule has 0 unspecified atom stereocenters. The number of aromatic nitrogens is 2. The first-order valence-electron chi connectivity index (χ1n) is 4.98. The molecule has 3 nitrogen and oxygen atoms in total. The van der Waals surface area contributed by atoms with Crippen LogP contribution in [0.2, 0.25) is 0 Å². The normalized spacial score (nSPS) is 10.6. The van der Waals surface area contributed by atoms with Crippen LogP contribution in [0, 0.1) is 18.6 Å². The number of nitrogens with zero attached hydrogens (tertiary/aromatic N) is 2. The molecule has 1 aromatic carbocycles. The Labute approximate surface area is 96.7 Å². The number of aryl methyl sites for hydroxylation is 1. The van der Waals surface area contributed by atoms with E-state index in [2.05, 4.69) is 4.98 Å². The molecule has 2 aromatic rings. The van der Waals surface area contributed by atoms with Gasteiger partial charge in [0.05, 0.1) is 5.69 Å². The van der Waals surface area contributed by atoms with Gasteiger partial charge < -0.3 is 4.57 Å². The maximum absolute atomic E-state index is 13.1. The van der Waals surface area contributed by atoms with Crippen LogP contribution >= 0.6 is 0 Å². The van der Waals surface area contributed by atoms with Crippen LogP contribution in [0.4, 0.5) is 8.78 Å². The van der Waals surface area contributed by atoms with Crippen LogP contribution in [0.1, 0.15) is 16.3 Å². The highest BCUT2D eigenvalue weighted by Crippen LogP contribution is 2.23. The molecule has 0 aliphatic rings. The summed E-state index contributed by atoms with van der Waals surface area (Å²) in [6.45, 7) is 1.73. The van der Waals surface area contributed by atoms with Crippen LogP contribution < -0.4 is 0 Å². The monoisotopic (exact) mass is 236 g/mol. The third kappa shape index (κ3) is 1.84. The Kier molecular flexibility index (Phi) is 2.75. The molecule has 1 aromatic heterocycles. The van der Waals surface area contributed by atoms with E-state index >= 15 is 0 Å². The second-order valence-electron chi connectivity index (χ2n) is 3.70. The van der Waals surface area contributed by atoms with Crippen molar-refractivity contribution in [1.29, 1.82) is 0 Å². The average molecular weight is 236 g/mol. The third-order valence-electron chi connectivity index (χ3n) is 2.67. The van der Waals surface area contributed by atoms with Gasteiger partial charge in [-0.2, -0.15) is 0 Å². The van der Waals surface area contributed by atoms with E-state index in [0.717, 1.165) is 12.1 Å². The number of hydrogen-bond donors (Lipinski definition) is 0. The van der Waals surface area contributed by atoms with Crippen LogP contribution in [-0.4, -0.2) is 15.8 Å². The number of hydrogen-bond acceptors (Lipinski definition) is 2. The Morgan fingerprint density at radius 3 is 2.59 bits per heavy atom. The minimum absolute atomic E-state index is 0.341. The Morgan fingerprint density at radius 2 is 2.00 bits per heavy atom. The van der Waals surface area contributed by atoms with Gasteiger partial charge >= 0.3 is 0 Å². The van der Waals surface area contributed by atoms with Crippen molar-refractivity contribution in [2.24, 2.45) is 7.05 Å². The maximum atomic E-state index is 13.1. The van der Waals surface area contributed by atoms with Gasteiger partial charge in [0.1, 0.15) is 11.5 Å². The summed E-state index contributed by atoms with van der Waals surface area (Å²) in [6.07, 6.45) is 0.649. The highest BCUT2D eigenvalue weighted by Gasteiger charge is 2.14. The van der Waals surface area contributed by atoms with E-state index in [1.54, 1.807) is 18.5 Å². The topological polar surface area (TPSA) is 34.9 Å². The van der Waals surface area contributed by atoms with Gasteiger partial charge in [0.15, 0.2) is 17.9 Å². The fraction of sp³-hybridized carbons (Fsp3) is 0.167. The standard InChI is InChI=1S/C12H10F2N2O/c1-7-15-12(11(6-17)16(7)2)8-3-4-9(13)10(14)5-8/h3-6H,1-2H3. The summed E-state index contributed by atoms with van der Waals surface area (Å²) >= 11 is 0. The number of aldehydes is 1. The largest absolute Gasteiger partial charge is 0.329 e. The Hall–Kier alpha value is -2.04. The van der Waals surface area contributed by atoms with Crippen molar-refractivity contribution in [3.05, 3.63) is 41.4 Å². The van der Waals surface area contributed by atoms with Crippen LogP contribution in [0.5, 0.6) is 0 Å². The lowest BCUT2D eigenvalue weighted by atomic mass is 10.1. The van der Waals surface area contributed by atoms with E-state index < -0.39 is 11.6 Å². The molecule has 0 amide bonds. The van der Waals surface area contributed by atoms with Gasteiger partial charge in [-0.05, 0) is 25.1 Å². The molecule has 2 rings (SSSR count). The molecule has 5 heteroatoms. The molecule has 88 valence electrons. The number of imidazole rings is 1. The molecule has 0 saturated carbocycles. The van der Waals surface area contributed by atoms with Gasteiger partial charge in [0, 0.05) is 12.6 Å². The first-order chi connectivity index (χ1) is 8.04. The predicted molar refractivity (Wildman–Crippen MR) is 58.7 cm³/mol. The fourth-order valence-corrected chi connectivity index (χ4v) is 1.62. The predicted octanol–water partition coefficient (Wildman–Crippen LogP) is 2.49. The molecular formula is C12H10F2N2O. The van der Waals surface area contributed by atoms with E-state index in [0.29, 0.717) is 29.1 Å². The zero-order chi connectivity index (χ0) is 12.6. The van der Waals surface area contributed by atoms with Crippen molar-refractivity contribution in [2.45, 2.75) is 6.92 Å². The van der Waals surface area contributed by atoms with Crippen molar-refractivity contribution in [3.63, 3.8) is 0 Å². The molecule has 0 spiro atoms. The number of halogens is 2. The van der Waals surface area contributed by atoms with E-state index in [-0.39, 0.29) is 0 Å². The van der Waals surface area contributed by atoms with E-state index in [9.17, 15) is 13.6 Å². The summed E-state index contributed by atoms with van der Waals surface area (Å²) in [7, 11) is 1.69. The summed E-state index contributed by atoms with van der Waals surface area (Å²) in [6, 6.07) is 3.44. The van der Waals surface area contributed by atoms with Crippen molar-refractivity contribution < 1.29 is 13.6 Å². The molecule has 0 fully saturated rings. The zero-order valence-corrected chi connectivity index (χ0v) is 9.37. The average Bonchev–Trinajstić information content (AvgIpc) is 2.59. The number of benzene rings is 1. The second-order valence-corrected chi connectivity index (χ2v) is 3.70. The van der Waals surface area contributed by atoms with Crippen molar-refractivity contribution in [2.75, 3.05) is 0 Å². The summed E-state index contributed by atoms with van der Waals surface area (Å²) in [5.41, 5.74) is 1.09. The third-order valence-corrected chi connectivity index (χ3v) is 2.67. The highest BCUT2D eigenvalue weighted by atomic mass is 19.2. The van der Waals surface area contributed by atoms with Gasteiger partial charge in [-0.3, -0.25) is 4.79 Å². The summed E-state index contributed by atoms with van der Waals surface area (Å²) in [4.78, 5) is 15.1. The summed E-state index contributed by atoms with van der Waals surface area (Å²) < 4.78 is 27.5. The first kappa shape index (κ1) is 11.4. The lowest BCUT2D eigenvalue weighted by Gasteiger charge is -2.00. The van der Waals surface area contributed by atoms with Gasteiger partial charge in [-0.15, -0.1) is 0 Å². The quantitative estimate of drug-likeness (QED) is 0.751. The van der Waals surface area contributed by atoms with E-state index in [1.807, 2.05) is 0 Å². The fourth-order valence-electron chi connectivity index (χ4n) is 1.62. The van der Waals surface area contributed by atoms with Crippen LogP contribution in [-0.2, 0) is 7.05 Å². The molecular weight excluding hydrogens is 226 g/mol. The summed E-state index contributed by atoms with van der Waals surface area (Å²) in [5, 5.41) is 0. The lowest BCUT2D eigenvalue weighted by Crippen LogP contribution is -1.97. The van der Waals surface area contributed by atoms with Crippen molar-refractivity contribution in [3.8, 4) is 11.3 Å². The van der Waals surface area contributed by atoms with Crippen LogP contribution in [0.25, 0.3) is 11.3 Å². The van der Waals surface area contributed by atoms with Crippen molar-refractivity contribution >= 4 is 6.29 Å². The van der Waals surface area contributed by atoms with Gasteiger partial charge in [-0.1, -0.05) is 0 Å². The lowest BCUT2D eigenvalue weighted by molar-refractivity contribution is 0.111. The minimum atomic E-state index is -0.956. The zero-order valence-electron chi connectivity index (χ0n) is 9.37. The smallest absolute Gasteiger partial charge is 0.168 e. The second kappa shape index (κ2) is 4.08. The van der Waals surface area contributed by atoms with Crippen LogP contribution in [0.3, 0.4) is 0 Å². The van der Waals surface area contributed by atoms with Crippen molar-refractivity contribution in [1.82, 2.24) is 9.55 Å². The molecule has 0 atom stereocenters. The molecule has 0 saturated heterocycles. The van der Waals surface area contributed by atoms with Gasteiger partial charge in [0.2, 0.25) is 0 Å². The molecule has 0 bridgehead atoms. The van der Waals surface area contributed by atoms with E-state index in [1.165, 1.54) is 6.07 Å². The number of rotatable bonds is 2. The molecule has 0 aliphatic carbocycles. The first-order valence-corrected chi connectivity index (χ1v) is 4.98. The Morgan fingerprint density at radius 1 is 1.29 bits per heavy atom. The Bertz CT molecular complexity index is 590. The molecule has 0 N–H and O–H groups in total. The minimum Gasteiger partial charge on any atom is -0.329 e. The molecule has 0 aliphatic heterocycles. The number of carbonyl (C=O) groups is 1.